The van der Waals surface area contributed by atoms with E-state index >= 15 is 0 Å². The molecule has 1 aliphatic rings. The zero-order valence-electron chi connectivity index (χ0n) is 18.5. The van der Waals surface area contributed by atoms with Crippen LogP contribution >= 0.6 is 23.6 Å². The zero-order chi connectivity index (χ0) is 22.4. The second kappa shape index (κ2) is 8.15. The highest BCUT2D eigenvalue weighted by Gasteiger charge is 2.42. The lowest BCUT2D eigenvalue weighted by atomic mass is 9.96. The van der Waals surface area contributed by atoms with Crippen molar-refractivity contribution in [2.75, 3.05) is 4.90 Å². The molecule has 5 nitrogen and oxygen atoms in total. The smallest absolute Gasteiger partial charge is 0.193 e. The van der Waals surface area contributed by atoms with Crippen molar-refractivity contribution in [3.63, 3.8) is 0 Å². The summed E-state index contributed by atoms with van der Waals surface area (Å²) in [6.07, 6.45) is 3.69. The summed E-state index contributed by atoms with van der Waals surface area (Å²) in [5.74, 6) is 0. The summed E-state index contributed by atoms with van der Waals surface area (Å²) in [4.78, 5) is 11.5. The summed E-state index contributed by atoms with van der Waals surface area (Å²) in [6, 6.07) is 14.8. The maximum atomic E-state index is 5.89. The lowest BCUT2D eigenvalue weighted by Gasteiger charge is -2.28. The quantitative estimate of drug-likeness (QED) is 0.394. The van der Waals surface area contributed by atoms with Gasteiger partial charge in [0.1, 0.15) is 0 Å². The zero-order valence-corrected chi connectivity index (χ0v) is 20.2. The van der Waals surface area contributed by atoms with Crippen molar-refractivity contribution in [2.24, 2.45) is 0 Å². The molecule has 1 aliphatic heterocycles. The Morgan fingerprint density at radius 1 is 0.969 bits per heavy atom. The molecule has 1 fully saturated rings. The molecule has 5 rings (SSSR count). The molecule has 162 valence electrons. The number of aryl methyl sites for hydroxylation is 3. The molecule has 0 bridgehead atoms. The van der Waals surface area contributed by atoms with Gasteiger partial charge in [-0.05, 0) is 86.9 Å². The summed E-state index contributed by atoms with van der Waals surface area (Å²) >= 11 is 7.53. The number of rotatable bonds is 4. The van der Waals surface area contributed by atoms with Gasteiger partial charge in [-0.3, -0.25) is 9.55 Å². The molecule has 0 radical (unpaired) electrons. The van der Waals surface area contributed by atoms with Gasteiger partial charge in [0.15, 0.2) is 10.2 Å². The standard InChI is InChI=1S/C25H25N5S2/c1-15-8-9-19(13-16(15)2)30-23(22(28-24(30)31)21-7-5-6-10-26-21)20-14-17(3)29(18(20)4)25-27-11-12-32-25/h5-14,22-23H,1-4H3,(H,28,31)/t22-,23+/m1/s1. The Balaban J connectivity index is 1.69. The lowest BCUT2D eigenvalue weighted by Crippen LogP contribution is -2.29. The van der Waals surface area contributed by atoms with Gasteiger partial charge in [0.05, 0.1) is 17.8 Å². The Kier molecular flexibility index (Phi) is 5.31. The fourth-order valence-electron chi connectivity index (χ4n) is 4.53. The van der Waals surface area contributed by atoms with E-state index in [1.54, 1.807) is 11.3 Å². The largest absolute Gasteiger partial charge is 0.351 e. The van der Waals surface area contributed by atoms with Gasteiger partial charge in [-0.25, -0.2) is 4.98 Å². The first-order valence-corrected chi connectivity index (χ1v) is 11.9. The Morgan fingerprint density at radius 3 is 2.50 bits per heavy atom. The van der Waals surface area contributed by atoms with Crippen LogP contribution in [0.2, 0.25) is 0 Å². The number of aromatic nitrogens is 3. The highest BCUT2D eigenvalue weighted by Crippen LogP contribution is 2.44. The summed E-state index contributed by atoms with van der Waals surface area (Å²) in [6.45, 7) is 8.58. The maximum absolute atomic E-state index is 5.89. The monoisotopic (exact) mass is 459 g/mol. The van der Waals surface area contributed by atoms with Gasteiger partial charge in [0, 0.05) is 34.8 Å². The second-order valence-electron chi connectivity index (χ2n) is 8.24. The van der Waals surface area contributed by atoms with Gasteiger partial charge < -0.3 is 10.2 Å². The van der Waals surface area contributed by atoms with Gasteiger partial charge in [0.25, 0.3) is 0 Å². The van der Waals surface area contributed by atoms with Crippen LogP contribution in [0.15, 0.2) is 60.2 Å². The number of thiocarbonyl (C=S) groups is 1. The second-order valence-corrected chi connectivity index (χ2v) is 9.50. The van der Waals surface area contributed by atoms with E-state index in [2.05, 4.69) is 82.8 Å². The Bertz CT molecular complexity index is 1280. The molecule has 7 heteroatoms. The predicted molar refractivity (Wildman–Crippen MR) is 135 cm³/mol. The first-order valence-electron chi connectivity index (χ1n) is 10.6. The average Bonchev–Trinajstić information content (AvgIpc) is 3.49. The SMILES string of the molecule is Cc1ccc(N2C(=S)N[C@H](c3ccccn3)[C@@H]2c2cc(C)n(-c3nccs3)c2C)cc1C. The minimum absolute atomic E-state index is 0.0283. The van der Waals surface area contributed by atoms with E-state index in [0.717, 1.165) is 22.2 Å². The number of hydrogen-bond acceptors (Lipinski definition) is 4. The summed E-state index contributed by atoms with van der Waals surface area (Å²) in [7, 11) is 0. The van der Waals surface area contributed by atoms with Crippen molar-refractivity contribution in [2.45, 2.75) is 39.8 Å². The molecule has 0 unspecified atom stereocenters. The van der Waals surface area contributed by atoms with Crippen LogP contribution in [0.25, 0.3) is 5.13 Å². The van der Waals surface area contributed by atoms with Crippen molar-refractivity contribution in [1.29, 1.82) is 0 Å². The normalized spacial score (nSPS) is 18.2. The Hall–Kier alpha value is -3.03. The number of hydrogen-bond donors (Lipinski definition) is 1. The number of pyridine rings is 1. The minimum atomic E-state index is -0.0597. The van der Waals surface area contributed by atoms with Crippen molar-refractivity contribution in [1.82, 2.24) is 19.9 Å². The maximum Gasteiger partial charge on any atom is 0.193 e. The molecule has 1 aromatic carbocycles. The van der Waals surface area contributed by atoms with E-state index in [1.807, 2.05) is 29.9 Å². The number of anilines is 1. The van der Waals surface area contributed by atoms with Crippen LogP contribution in [0.3, 0.4) is 0 Å². The first-order chi connectivity index (χ1) is 15.5. The third-order valence-electron chi connectivity index (χ3n) is 6.27. The van der Waals surface area contributed by atoms with Gasteiger partial charge in [0.2, 0.25) is 0 Å². The van der Waals surface area contributed by atoms with E-state index in [4.69, 9.17) is 12.2 Å². The number of benzene rings is 1. The highest BCUT2D eigenvalue weighted by molar-refractivity contribution is 7.80. The molecule has 0 amide bonds. The molecule has 1 saturated heterocycles. The first kappa shape index (κ1) is 20.8. The van der Waals surface area contributed by atoms with Crippen LogP contribution in [0.5, 0.6) is 0 Å². The van der Waals surface area contributed by atoms with E-state index in [1.165, 1.54) is 22.4 Å². The van der Waals surface area contributed by atoms with Gasteiger partial charge >= 0.3 is 0 Å². The summed E-state index contributed by atoms with van der Waals surface area (Å²) < 4.78 is 2.23. The van der Waals surface area contributed by atoms with E-state index in [9.17, 15) is 0 Å². The van der Waals surface area contributed by atoms with Crippen LogP contribution in [0, 0.1) is 27.7 Å². The number of nitrogens with one attached hydrogen (secondary N) is 1. The van der Waals surface area contributed by atoms with E-state index in [0.29, 0.717) is 5.11 Å². The van der Waals surface area contributed by atoms with E-state index < -0.39 is 0 Å². The van der Waals surface area contributed by atoms with Crippen LogP contribution in [-0.4, -0.2) is 19.6 Å². The molecule has 0 saturated carbocycles. The molecule has 3 aromatic heterocycles. The van der Waals surface area contributed by atoms with Crippen LogP contribution in [0.4, 0.5) is 5.69 Å². The summed E-state index contributed by atoms with van der Waals surface area (Å²) in [5, 5.41) is 7.27. The molecule has 4 heterocycles. The van der Waals surface area contributed by atoms with Crippen molar-refractivity contribution in [3.05, 3.63) is 94.0 Å². The van der Waals surface area contributed by atoms with Crippen LogP contribution < -0.4 is 10.2 Å². The molecule has 4 aromatic rings. The Labute approximate surface area is 197 Å². The van der Waals surface area contributed by atoms with Crippen molar-refractivity contribution < 1.29 is 0 Å². The van der Waals surface area contributed by atoms with E-state index in [-0.39, 0.29) is 12.1 Å². The van der Waals surface area contributed by atoms with Gasteiger partial charge in [-0.1, -0.05) is 12.1 Å². The molecule has 32 heavy (non-hydrogen) atoms. The van der Waals surface area contributed by atoms with Gasteiger partial charge in [-0.2, -0.15) is 0 Å². The molecule has 1 N–H and O–H groups in total. The highest BCUT2D eigenvalue weighted by atomic mass is 32.1. The number of nitrogens with zero attached hydrogens (tertiary/aromatic N) is 4. The van der Waals surface area contributed by atoms with Crippen molar-refractivity contribution >= 4 is 34.4 Å². The average molecular weight is 460 g/mol. The third-order valence-corrected chi connectivity index (χ3v) is 7.34. The molecule has 0 aliphatic carbocycles. The van der Waals surface area contributed by atoms with Crippen LogP contribution in [0.1, 0.15) is 45.9 Å². The fourth-order valence-corrected chi connectivity index (χ4v) is 5.63. The number of thiazole rings is 1. The molecular weight excluding hydrogens is 434 g/mol. The molecular formula is C25H25N5S2. The minimum Gasteiger partial charge on any atom is -0.351 e. The topological polar surface area (TPSA) is 46.0 Å². The lowest BCUT2D eigenvalue weighted by molar-refractivity contribution is 0.565. The fraction of sp³-hybridized carbons (Fsp3) is 0.240. The van der Waals surface area contributed by atoms with Crippen molar-refractivity contribution in [3.8, 4) is 5.13 Å². The Morgan fingerprint density at radius 2 is 1.81 bits per heavy atom. The molecule has 2 atom stereocenters. The van der Waals surface area contributed by atoms with Crippen LogP contribution in [-0.2, 0) is 0 Å². The van der Waals surface area contributed by atoms with Gasteiger partial charge in [-0.15, -0.1) is 11.3 Å². The third kappa shape index (κ3) is 3.42. The summed E-state index contributed by atoms with van der Waals surface area (Å²) in [5.41, 5.74) is 8.14. The predicted octanol–water partition coefficient (Wildman–Crippen LogP) is 5.74. The molecule has 0 spiro atoms.